The van der Waals surface area contributed by atoms with Crippen molar-refractivity contribution in [2.45, 2.75) is 0 Å². The summed E-state index contributed by atoms with van der Waals surface area (Å²) in [4.78, 5) is 15.2. The number of fused-ring (bicyclic) bond motifs is 6. The molecule has 0 atom stereocenters. The lowest BCUT2D eigenvalue weighted by molar-refractivity contribution is 1.07. The van der Waals surface area contributed by atoms with Crippen LogP contribution in [0.4, 0.5) is 0 Å². The van der Waals surface area contributed by atoms with Crippen LogP contribution in [-0.2, 0) is 0 Å². The Morgan fingerprint density at radius 2 is 0.915 bits per heavy atom. The third-order valence-electron chi connectivity index (χ3n) is 9.37. The minimum absolute atomic E-state index is 0.641. The highest BCUT2D eigenvalue weighted by molar-refractivity contribution is 6.15. The van der Waals surface area contributed by atoms with Gasteiger partial charge in [0.25, 0.3) is 0 Å². The number of hydrogen-bond donors (Lipinski definition) is 0. The van der Waals surface area contributed by atoms with E-state index < -0.39 is 0 Å². The molecule has 218 valence electrons. The third-order valence-corrected chi connectivity index (χ3v) is 9.37. The van der Waals surface area contributed by atoms with Gasteiger partial charge in [0.15, 0.2) is 17.5 Å². The van der Waals surface area contributed by atoms with Crippen molar-refractivity contribution in [3.05, 3.63) is 158 Å². The maximum Gasteiger partial charge on any atom is 0.164 e. The number of rotatable bonds is 4. The molecule has 2 heterocycles. The molecule has 4 nitrogen and oxygen atoms in total. The Balaban J connectivity index is 1.16. The maximum absolute atomic E-state index is 5.14. The average molecular weight is 599 g/mol. The smallest absolute Gasteiger partial charge is 0.164 e. The van der Waals surface area contributed by atoms with E-state index in [9.17, 15) is 0 Å². The molecule has 0 radical (unpaired) electrons. The topological polar surface area (TPSA) is 43.6 Å². The van der Waals surface area contributed by atoms with E-state index in [4.69, 9.17) is 15.0 Å². The van der Waals surface area contributed by atoms with Gasteiger partial charge in [-0.1, -0.05) is 127 Å². The highest BCUT2D eigenvalue weighted by Crippen LogP contribution is 2.48. The number of hydrogen-bond acceptors (Lipinski definition) is 3. The number of nitrogens with zero attached hydrogens (tertiary/aromatic N) is 4. The lowest BCUT2D eigenvalue weighted by atomic mass is 10.0. The van der Waals surface area contributed by atoms with E-state index in [1.807, 2.05) is 18.2 Å². The predicted molar refractivity (Wildman–Crippen MR) is 192 cm³/mol. The molecule has 0 saturated carbocycles. The van der Waals surface area contributed by atoms with Crippen molar-refractivity contribution in [3.8, 4) is 62.1 Å². The minimum atomic E-state index is 0.641. The largest absolute Gasteiger partial charge is 0.309 e. The summed E-state index contributed by atoms with van der Waals surface area (Å²) in [5.74, 6) is 1.95. The van der Waals surface area contributed by atoms with E-state index >= 15 is 0 Å². The Hall–Kier alpha value is -6.39. The van der Waals surface area contributed by atoms with Crippen LogP contribution in [0.5, 0.6) is 0 Å². The summed E-state index contributed by atoms with van der Waals surface area (Å²) in [6, 6.07) is 55.5. The zero-order chi connectivity index (χ0) is 30.9. The summed E-state index contributed by atoms with van der Waals surface area (Å²) < 4.78 is 2.33. The summed E-state index contributed by atoms with van der Waals surface area (Å²) in [6.45, 7) is 0. The quantitative estimate of drug-likeness (QED) is 0.202. The van der Waals surface area contributed by atoms with Gasteiger partial charge >= 0.3 is 0 Å². The molecule has 0 N–H and O–H groups in total. The lowest BCUT2D eigenvalue weighted by Crippen LogP contribution is -2.01. The first-order chi connectivity index (χ1) is 23.3. The van der Waals surface area contributed by atoms with Gasteiger partial charge in [-0.25, -0.2) is 15.0 Å². The van der Waals surface area contributed by atoms with E-state index in [1.165, 1.54) is 54.8 Å². The maximum atomic E-state index is 5.14. The van der Waals surface area contributed by atoms with E-state index in [0.717, 1.165) is 22.4 Å². The second kappa shape index (κ2) is 10.1. The van der Waals surface area contributed by atoms with Crippen molar-refractivity contribution in [3.63, 3.8) is 0 Å². The molecule has 1 aliphatic rings. The van der Waals surface area contributed by atoms with Gasteiger partial charge in [-0.2, -0.15) is 0 Å². The molecule has 0 bridgehead atoms. The van der Waals surface area contributed by atoms with Crippen LogP contribution >= 0.6 is 0 Å². The highest BCUT2D eigenvalue weighted by atomic mass is 15.0. The zero-order valence-corrected chi connectivity index (χ0v) is 25.3. The van der Waals surface area contributed by atoms with Crippen LogP contribution in [0.1, 0.15) is 0 Å². The fourth-order valence-corrected chi connectivity index (χ4v) is 7.27. The highest BCUT2D eigenvalue weighted by Gasteiger charge is 2.22. The van der Waals surface area contributed by atoms with E-state index in [2.05, 4.69) is 144 Å². The van der Waals surface area contributed by atoms with Gasteiger partial charge in [0.1, 0.15) is 0 Å². The van der Waals surface area contributed by atoms with Gasteiger partial charge in [-0.15, -0.1) is 0 Å². The summed E-state index contributed by atoms with van der Waals surface area (Å²) in [5, 5.41) is 5.04. The first-order valence-electron chi connectivity index (χ1n) is 15.9. The van der Waals surface area contributed by atoms with Gasteiger partial charge in [0.2, 0.25) is 0 Å². The first kappa shape index (κ1) is 25.9. The Morgan fingerprint density at radius 3 is 1.62 bits per heavy atom. The van der Waals surface area contributed by atoms with Crippen molar-refractivity contribution in [1.82, 2.24) is 19.5 Å². The van der Waals surface area contributed by atoms with Gasteiger partial charge in [-0.3, -0.25) is 0 Å². The first-order valence-corrected chi connectivity index (χ1v) is 15.9. The summed E-state index contributed by atoms with van der Waals surface area (Å²) in [6.07, 6.45) is 0. The molecule has 47 heavy (non-hydrogen) atoms. The van der Waals surface area contributed by atoms with Gasteiger partial charge in [0, 0.05) is 33.2 Å². The van der Waals surface area contributed by atoms with Crippen LogP contribution in [0.25, 0.3) is 94.7 Å². The minimum Gasteiger partial charge on any atom is -0.309 e. The van der Waals surface area contributed by atoms with Crippen LogP contribution in [0.3, 0.4) is 0 Å². The van der Waals surface area contributed by atoms with E-state index in [1.54, 1.807) is 0 Å². The Labute approximate surface area is 271 Å². The molecular weight excluding hydrogens is 573 g/mol. The second-order valence-electron chi connectivity index (χ2n) is 12.1. The lowest BCUT2D eigenvalue weighted by Gasteiger charge is -2.12. The molecule has 0 saturated heterocycles. The molecule has 7 aromatic carbocycles. The molecule has 0 aliphatic heterocycles. The van der Waals surface area contributed by atoms with Gasteiger partial charge < -0.3 is 4.57 Å². The van der Waals surface area contributed by atoms with Crippen LogP contribution < -0.4 is 0 Å². The normalized spacial score (nSPS) is 11.8. The SMILES string of the molecule is c1ccc(-c2nc(-c3cccc(-n4c5ccccc5c5ccccc54)c3)nc(-c3ccc4c(c3)-c3cccc5cccc-4c35)n2)cc1. The second-order valence-corrected chi connectivity index (χ2v) is 12.1. The van der Waals surface area contributed by atoms with E-state index in [-0.39, 0.29) is 0 Å². The molecule has 4 heteroatoms. The van der Waals surface area contributed by atoms with E-state index in [0.29, 0.717) is 17.5 Å². The molecule has 0 unspecified atom stereocenters. The molecule has 10 rings (SSSR count). The molecule has 1 aliphatic carbocycles. The Kier molecular flexibility index (Phi) is 5.54. The number of aromatic nitrogens is 4. The molecule has 0 spiro atoms. The van der Waals surface area contributed by atoms with Crippen molar-refractivity contribution < 1.29 is 0 Å². The van der Waals surface area contributed by atoms with Gasteiger partial charge in [-0.05, 0) is 63.4 Å². The fraction of sp³-hybridized carbons (Fsp3) is 0. The van der Waals surface area contributed by atoms with Crippen molar-refractivity contribution in [2.75, 3.05) is 0 Å². The molecule has 2 aromatic heterocycles. The summed E-state index contributed by atoms with van der Waals surface area (Å²) in [7, 11) is 0. The molecular formula is C43H26N4. The summed E-state index contributed by atoms with van der Waals surface area (Å²) >= 11 is 0. The fourth-order valence-electron chi connectivity index (χ4n) is 7.27. The van der Waals surface area contributed by atoms with Crippen molar-refractivity contribution >= 4 is 32.6 Å². The Morgan fingerprint density at radius 1 is 0.362 bits per heavy atom. The van der Waals surface area contributed by atoms with Crippen LogP contribution in [0.2, 0.25) is 0 Å². The molecule has 0 amide bonds. The van der Waals surface area contributed by atoms with Crippen LogP contribution in [0, 0.1) is 0 Å². The predicted octanol–water partition coefficient (Wildman–Crippen LogP) is 10.8. The Bertz CT molecular complexity index is 2630. The van der Waals surface area contributed by atoms with Gasteiger partial charge in [0.05, 0.1) is 11.0 Å². The standard InChI is InChI=1S/C43H26N4/c1-2-11-28(12-3-1)41-44-42(29-15-8-16-31(25-29)47-38-21-6-4-17-33(38)34-18-5-7-22-39(34)47)46-43(45-41)30-23-24-32-35-19-9-13-27-14-10-20-36(40(27)35)37(32)26-30/h1-26H. The third kappa shape index (κ3) is 3.98. The molecule has 0 fully saturated rings. The molecule has 9 aromatic rings. The van der Waals surface area contributed by atoms with Crippen molar-refractivity contribution in [1.29, 1.82) is 0 Å². The van der Waals surface area contributed by atoms with Crippen LogP contribution in [0.15, 0.2) is 158 Å². The zero-order valence-electron chi connectivity index (χ0n) is 25.3. The number of para-hydroxylation sites is 2. The number of benzene rings is 7. The van der Waals surface area contributed by atoms with Crippen molar-refractivity contribution in [2.24, 2.45) is 0 Å². The van der Waals surface area contributed by atoms with Crippen LogP contribution in [-0.4, -0.2) is 19.5 Å². The summed E-state index contributed by atoms with van der Waals surface area (Å²) in [5.41, 5.74) is 11.2. The average Bonchev–Trinajstić information content (AvgIpc) is 3.66. The monoisotopic (exact) mass is 598 g/mol.